The number of hydrogen-bond donors (Lipinski definition) is 1. The molecule has 0 aliphatic rings. The van der Waals surface area contributed by atoms with Gasteiger partial charge in [-0.1, -0.05) is 47.0 Å². The average molecular weight is 198 g/mol. The minimum atomic E-state index is 0.385. The zero-order valence-electron chi connectivity index (χ0n) is 10.2. The first-order valence-corrected chi connectivity index (χ1v) is 5.94. The molecule has 0 heterocycles. The minimum absolute atomic E-state index is 0.385. The molecule has 0 aliphatic heterocycles. The Hall–Kier alpha value is -0.530. The fraction of sp³-hybridized carbons (Fsp3) is 0.917. The van der Waals surface area contributed by atoms with Crippen LogP contribution in [0.3, 0.4) is 0 Å². The molecule has 0 saturated carbocycles. The molecule has 0 fully saturated rings. The Kier molecular flexibility index (Phi) is 7.54. The molecule has 0 saturated heterocycles. The third-order valence-electron chi connectivity index (χ3n) is 2.44. The van der Waals surface area contributed by atoms with Crippen molar-refractivity contribution in [1.29, 1.82) is 0 Å². The number of hydrogen-bond acceptors (Lipinski definition) is 1. The summed E-state index contributed by atoms with van der Waals surface area (Å²) in [6, 6.07) is 0.461. The van der Waals surface area contributed by atoms with E-state index in [-0.39, 0.29) is 0 Å². The zero-order valence-corrected chi connectivity index (χ0v) is 10.2. The molecule has 2 heteroatoms. The second-order valence-corrected chi connectivity index (χ2v) is 4.29. The topological polar surface area (TPSA) is 38.4 Å². The fourth-order valence-electron chi connectivity index (χ4n) is 1.41. The largest absolute Gasteiger partial charge is 0.387 e. The van der Waals surface area contributed by atoms with E-state index in [0.717, 1.165) is 5.84 Å². The van der Waals surface area contributed by atoms with Gasteiger partial charge in [0.2, 0.25) is 0 Å². The molecule has 2 N–H and O–H groups in total. The van der Waals surface area contributed by atoms with E-state index in [4.69, 9.17) is 5.73 Å². The van der Waals surface area contributed by atoms with Crippen LogP contribution in [0, 0.1) is 5.92 Å². The number of aliphatic imine (C=N–C) groups is 1. The molecule has 0 aromatic rings. The summed E-state index contributed by atoms with van der Waals surface area (Å²) < 4.78 is 0. The summed E-state index contributed by atoms with van der Waals surface area (Å²) in [6.07, 6.45) is 6.07. The van der Waals surface area contributed by atoms with Gasteiger partial charge in [0, 0.05) is 5.92 Å². The molecule has 14 heavy (non-hydrogen) atoms. The van der Waals surface area contributed by atoms with Crippen molar-refractivity contribution in [3.8, 4) is 0 Å². The van der Waals surface area contributed by atoms with E-state index < -0.39 is 0 Å². The maximum atomic E-state index is 5.87. The van der Waals surface area contributed by atoms with E-state index in [1.54, 1.807) is 0 Å². The van der Waals surface area contributed by atoms with Gasteiger partial charge >= 0.3 is 0 Å². The molecule has 0 rings (SSSR count). The molecule has 0 amide bonds. The molecule has 0 bridgehead atoms. The van der Waals surface area contributed by atoms with Crippen LogP contribution in [-0.4, -0.2) is 11.9 Å². The molecular formula is C12H26N2. The van der Waals surface area contributed by atoms with E-state index >= 15 is 0 Å². The Balaban J connectivity index is 4.12. The van der Waals surface area contributed by atoms with Gasteiger partial charge in [0.15, 0.2) is 0 Å². The van der Waals surface area contributed by atoms with Crippen molar-refractivity contribution < 1.29 is 0 Å². The molecule has 0 aromatic heterocycles. The van der Waals surface area contributed by atoms with Crippen molar-refractivity contribution in [2.45, 2.75) is 65.8 Å². The lowest BCUT2D eigenvalue weighted by Gasteiger charge is -2.13. The summed E-state index contributed by atoms with van der Waals surface area (Å²) in [5.74, 6) is 1.20. The average Bonchev–Trinajstić information content (AvgIpc) is 2.14. The fourth-order valence-corrected chi connectivity index (χ4v) is 1.41. The summed E-state index contributed by atoms with van der Waals surface area (Å²) in [7, 11) is 0. The third-order valence-corrected chi connectivity index (χ3v) is 2.44. The standard InChI is InChI=1S/C12H26N2/c1-5-7-9-11(8-6-2)14-12(13)10(3)4/h10-11H,5-9H2,1-4H3,(H2,13,14). The van der Waals surface area contributed by atoms with E-state index in [1.807, 2.05) is 0 Å². The molecule has 84 valence electrons. The maximum absolute atomic E-state index is 5.87. The van der Waals surface area contributed by atoms with Crippen LogP contribution >= 0.6 is 0 Å². The second kappa shape index (κ2) is 7.84. The monoisotopic (exact) mass is 198 g/mol. The summed E-state index contributed by atoms with van der Waals surface area (Å²) in [5, 5.41) is 0. The second-order valence-electron chi connectivity index (χ2n) is 4.29. The summed E-state index contributed by atoms with van der Waals surface area (Å²) in [5.41, 5.74) is 5.87. The zero-order chi connectivity index (χ0) is 11.0. The first kappa shape index (κ1) is 13.5. The molecule has 1 unspecified atom stereocenters. The molecule has 0 spiro atoms. The molecular weight excluding hydrogens is 172 g/mol. The highest BCUT2D eigenvalue weighted by molar-refractivity contribution is 5.82. The van der Waals surface area contributed by atoms with Crippen LogP contribution in [0.2, 0.25) is 0 Å². The van der Waals surface area contributed by atoms with Crippen LogP contribution in [0.5, 0.6) is 0 Å². The van der Waals surface area contributed by atoms with Gasteiger partial charge in [0.05, 0.1) is 11.9 Å². The van der Waals surface area contributed by atoms with Crippen molar-refractivity contribution >= 4 is 5.84 Å². The van der Waals surface area contributed by atoms with Gasteiger partial charge in [-0.15, -0.1) is 0 Å². The van der Waals surface area contributed by atoms with E-state index in [9.17, 15) is 0 Å². The Morgan fingerprint density at radius 3 is 2.21 bits per heavy atom. The number of unbranched alkanes of at least 4 members (excludes halogenated alkanes) is 1. The van der Waals surface area contributed by atoms with Crippen molar-refractivity contribution in [1.82, 2.24) is 0 Å². The predicted molar refractivity (Wildman–Crippen MR) is 64.7 cm³/mol. The summed E-state index contributed by atoms with van der Waals surface area (Å²) >= 11 is 0. The van der Waals surface area contributed by atoms with Crippen LogP contribution in [0.15, 0.2) is 4.99 Å². The Labute approximate surface area is 89.0 Å². The van der Waals surface area contributed by atoms with Crippen molar-refractivity contribution in [3.05, 3.63) is 0 Å². The Morgan fingerprint density at radius 1 is 1.14 bits per heavy atom. The Bertz CT molecular complexity index is 162. The highest BCUT2D eigenvalue weighted by Crippen LogP contribution is 2.11. The van der Waals surface area contributed by atoms with E-state index in [2.05, 4.69) is 32.7 Å². The summed E-state index contributed by atoms with van der Waals surface area (Å²) in [6.45, 7) is 8.63. The van der Waals surface area contributed by atoms with Gasteiger partial charge in [-0.2, -0.15) is 0 Å². The molecule has 0 aromatic carbocycles. The number of nitrogens with two attached hydrogens (primary N) is 1. The quantitative estimate of drug-likeness (QED) is 0.494. The van der Waals surface area contributed by atoms with Crippen LogP contribution in [0.4, 0.5) is 0 Å². The molecule has 0 radical (unpaired) electrons. The van der Waals surface area contributed by atoms with Crippen LogP contribution in [0.1, 0.15) is 59.8 Å². The number of rotatable bonds is 7. The molecule has 1 atom stereocenters. The molecule has 0 aliphatic carbocycles. The predicted octanol–water partition coefficient (Wildman–Crippen LogP) is 3.36. The van der Waals surface area contributed by atoms with Gasteiger partial charge in [0.1, 0.15) is 0 Å². The van der Waals surface area contributed by atoms with Gasteiger partial charge in [-0.25, -0.2) is 0 Å². The molecule has 2 nitrogen and oxygen atoms in total. The van der Waals surface area contributed by atoms with Gasteiger partial charge in [-0.3, -0.25) is 4.99 Å². The third kappa shape index (κ3) is 6.01. The highest BCUT2D eigenvalue weighted by Gasteiger charge is 2.07. The van der Waals surface area contributed by atoms with Crippen LogP contribution < -0.4 is 5.73 Å². The first-order chi connectivity index (χ1) is 6.61. The SMILES string of the molecule is CCCCC(CCC)N=C(N)C(C)C. The van der Waals surface area contributed by atoms with Gasteiger partial charge in [0.25, 0.3) is 0 Å². The van der Waals surface area contributed by atoms with Crippen LogP contribution in [0.25, 0.3) is 0 Å². The van der Waals surface area contributed by atoms with Crippen molar-refractivity contribution in [2.24, 2.45) is 16.6 Å². The minimum Gasteiger partial charge on any atom is -0.387 e. The lowest BCUT2D eigenvalue weighted by molar-refractivity contribution is 0.534. The van der Waals surface area contributed by atoms with E-state index in [1.165, 1.54) is 32.1 Å². The Morgan fingerprint density at radius 2 is 1.79 bits per heavy atom. The van der Waals surface area contributed by atoms with Crippen LogP contribution in [-0.2, 0) is 0 Å². The maximum Gasteiger partial charge on any atom is 0.0966 e. The lowest BCUT2D eigenvalue weighted by Crippen LogP contribution is -2.22. The van der Waals surface area contributed by atoms with Crippen molar-refractivity contribution in [2.75, 3.05) is 0 Å². The van der Waals surface area contributed by atoms with Gasteiger partial charge < -0.3 is 5.73 Å². The normalized spacial score (nSPS) is 14.8. The highest BCUT2D eigenvalue weighted by atomic mass is 14.9. The summed E-state index contributed by atoms with van der Waals surface area (Å²) in [4.78, 5) is 4.60. The van der Waals surface area contributed by atoms with Crippen molar-refractivity contribution in [3.63, 3.8) is 0 Å². The lowest BCUT2D eigenvalue weighted by atomic mass is 10.1. The number of amidine groups is 1. The number of nitrogens with zero attached hydrogens (tertiary/aromatic N) is 1. The van der Waals surface area contributed by atoms with E-state index in [0.29, 0.717) is 12.0 Å². The smallest absolute Gasteiger partial charge is 0.0966 e. The van der Waals surface area contributed by atoms with Gasteiger partial charge in [-0.05, 0) is 12.8 Å². The first-order valence-electron chi connectivity index (χ1n) is 5.94.